The molecule has 5 rings (SSSR count). The van der Waals surface area contributed by atoms with Gasteiger partial charge in [-0.1, -0.05) is 18.2 Å². The van der Waals surface area contributed by atoms with Crippen LogP contribution in [-0.4, -0.2) is 38.3 Å². The number of amides is 1. The normalized spacial score (nSPS) is 17.7. The summed E-state index contributed by atoms with van der Waals surface area (Å²) in [6.45, 7) is 3.37. The second kappa shape index (κ2) is 6.23. The topological polar surface area (TPSA) is 63.6 Å². The number of carbonyl (C=O) groups is 1. The monoisotopic (exact) mass is 360 g/mol. The lowest BCUT2D eigenvalue weighted by molar-refractivity contribution is 0.0693. The van der Waals surface area contributed by atoms with Crippen LogP contribution in [-0.2, 0) is 0 Å². The predicted octanol–water partition coefficient (Wildman–Crippen LogP) is 3.80. The Morgan fingerprint density at radius 3 is 2.93 bits per heavy atom. The molecule has 1 aliphatic rings. The molecule has 1 aliphatic heterocycles. The average Bonchev–Trinajstić information content (AvgIpc) is 3.31. The van der Waals surface area contributed by atoms with E-state index in [1.807, 2.05) is 65.0 Å². The van der Waals surface area contributed by atoms with E-state index in [2.05, 4.69) is 9.97 Å². The zero-order chi connectivity index (χ0) is 18.4. The van der Waals surface area contributed by atoms with Crippen LogP contribution in [0, 0.1) is 6.92 Å². The van der Waals surface area contributed by atoms with E-state index in [0.29, 0.717) is 12.2 Å². The van der Waals surface area contributed by atoms with E-state index in [0.717, 1.165) is 47.6 Å². The molecule has 27 heavy (non-hydrogen) atoms. The third kappa shape index (κ3) is 2.87. The lowest BCUT2D eigenvalue weighted by Gasteiger charge is -2.30. The van der Waals surface area contributed by atoms with Gasteiger partial charge < -0.3 is 13.7 Å². The van der Waals surface area contributed by atoms with Crippen molar-refractivity contribution >= 4 is 22.7 Å². The van der Waals surface area contributed by atoms with Crippen molar-refractivity contribution in [2.45, 2.75) is 25.7 Å². The number of benzene rings is 1. The largest absolute Gasteiger partial charge is 0.440 e. The van der Waals surface area contributed by atoms with Gasteiger partial charge in [-0.15, -0.1) is 0 Å². The van der Waals surface area contributed by atoms with E-state index < -0.39 is 0 Å². The predicted molar refractivity (Wildman–Crippen MR) is 102 cm³/mol. The van der Waals surface area contributed by atoms with Crippen LogP contribution >= 0.6 is 0 Å². The number of para-hydroxylation sites is 2. The average molecular weight is 360 g/mol. The molecule has 1 amide bonds. The highest BCUT2D eigenvalue weighted by molar-refractivity contribution is 5.93. The first-order valence-electron chi connectivity index (χ1n) is 9.27. The van der Waals surface area contributed by atoms with Crippen LogP contribution in [0.2, 0.25) is 0 Å². The van der Waals surface area contributed by atoms with Gasteiger partial charge in [-0.2, -0.15) is 0 Å². The summed E-state index contributed by atoms with van der Waals surface area (Å²) in [5.74, 6) is 0.811. The lowest BCUT2D eigenvalue weighted by atomic mass is 9.98. The number of hydrogen-bond acceptors (Lipinski definition) is 4. The van der Waals surface area contributed by atoms with Crippen LogP contribution in [0.1, 0.15) is 40.7 Å². The van der Waals surface area contributed by atoms with Crippen molar-refractivity contribution in [1.82, 2.24) is 19.3 Å². The van der Waals surface area contributed by atoms with Crippen molar-refractivity contribution < 1.29 is 9.21 Å². The molecule has 1 saturated heterocycles. The molecule has 0 spiro atoms. The van der Waals surface area contributed by atoms with Crippen LogP contribution in [0.15, 0.2) is 53.2 Å². The number of oxazole rings is 1. The van der Waals surface area contributed by atoms with Gasteiger partial charge in [0.15, 0.2) is 11.5 Å². The van der Waals surface area contributed by atoms with Gasteiger partial charge in [-0.3, -0.25) is 4.79 Å². The summed E-state index contributed by atoms with van der Waals surface area (Å²) in [4.78, 5) is 24.0. The number of carbonyl (C=O) groups excluding carboxylic acids is 1. The summed E-state index contributed by atoms with van der Waals surface area (Å²) < 4.78 is 7.84. The number of aromatic nitrogens is 3. The molecule has 0 N–H and O–H groups in total. The van der Waals surface area contributed by atoms with Crippen molar-refractivity contribution in [3.63, 3.8) is 0 Å². The number of pyridine rings is 1. The Morgan fingerprint density at radius 1 is 1.15 bits per heavy atom. The molecular weight excluding hydrogens is 340 g/mol. The Labute approximate surface area is 156 Å². The first-order chi connectivity index (χ1) is 13.2. The van der Waals surface area contributed by atoms with Crippen molar-refractivity contribution in [3.8, 4) is 0 Å². The second-order valence-corrected chi connectivity index (χ2v) is 7.21. The number of aryl methyl sites for hydroxylation is 1. The molecule has 0 bridgehead atoms. The van der Waals surface area contributed by atoms with Crippen LogP contribution < -0.4 is 0 Å². The number of imidazole rings is 1. The molecule has 136 valence electrons. The summed E-state index contributed by atoms with van der Waals surface area (Å²) in [7, 11) is 0. The molecule has 0 unspecified atom stereocenters. The number of nitrogens with zero attached hydrogens (tertiary/aromatic N) is 4. The number of likely N-dealkylation sites (tertiary alicyclic amines) is 1. The van der Waals surface area contributed by atoms with E-state index in [1.54, 1.807) is 0 Å². The Morgan fingerprint density at radius 2 is 2.04 bits per heavy atom. The minimum atomic E-state index is -0.0304. The van der Waals surface area contributed by atoms with Gasteiger partial charge >= 0.3 is 0 Å². The lowest BCUT2D eigenvalue weighted by Crippen LogP contribution is -2.39. The quantitative estimate of drug-likeness (QED) is 0.545. The van der Waals surface area contributed by atoms with Gasteiger partial charge in [0.1, 0.15) is 16.9 Å². The zero-order valence-corrected chi connectivity index (χ0v) is 15.1. The van der Waals surface area contributed by atoms with Crippen molar-refractivity contribution in [2.24, 2.45) is 0 Å². The van der Waals surface area contributed by atoms with Crippen LogP contribution in [0.3, 0.4) is 0 Å². The van der Waals surface area contributed by atoms with Crippen molar-refractivity contribution in [2.75, 3.05) is 13.1 Å². The fraction of sp³-hybridized carbons (Fsp3) is 0.286. The van der Waals surface area contributed by atoms with E-state index >= 15 is 0 Å². The third-order valence-electron chi connectivity index (χ3n) is 5.19. The van der Waals surface area contributed by atoms with Gasteiger partial charge in [0, 0.05) is 25.5 Å². The summed E-state index contributed by atoms with van der Waals surface area (Å²) in [5, 5.41) is 0. The number of hydrogen-bond donors (Lipinski definition) is 0. The summed E-state index contributed by atoms with van der Waals surface area (Å²) in [6.07, 6.45) is 5.70. The molecule has 1 fully saturated rings. The summed E-state index contributed by atoms with van der Waals surface area (Å²) in [5.41, 5.74) is 4.07. The van der Waals surface area contributed by atoms with E-state index in [-0.39, 0.29) is 11.8 Å². The van der Waals surface area contributed by atoms with Crippen LogP contribution in [0.5, 0.6) is 0 Å². The van der Waals surface area contributed by atoms with Crippen molar-refractivity contribution in [1.29, 1.82) is 0 Å². The van der Waals surface area contributed by atoms with Gasteiger partial charge in [-0.25, -0.2) is 9.97 Å². The highest BCUT2D eigenvalue weighted by Crippen LogP contribution is 2.29. The molecule has 3 aromatic heterocycles. The highest BCUT2D eigenvalue weighted by atomic mass is 16.3. The Hall–Kier alpha value is -3.15. The Balaban J connectivity index is 1.40. The first-order valence-corrected chi connectivity index (χ1v) is 9.27. The summed E-state index contributed by atoms with van der Waals surface area (Å²) >= 11 is 0. The first kappa shape index (κ1) is 16.1. The maximum Gasteiger partial charge on any atom is 0.274 e. The maximum absolute atomic E-state index is 13.0. The molecule has 4 aromatic rings. The minimum Gasteiger partial charge on any atom is -0.440 e. The summed E-state index contributed by atoms with van der Waals surface area (Å²) in [6, 6.07) is 11.7. The van der Waals surface area contributed by atoms with E-state index in [4.69, 9.17) is 4.42 Å². The third-order valence-corrected chi connectivity index (χ3v) is 5.19. The minimum absolute atomic E-state index is 0.0304. The molecule has 1 aromatic carbocycles. The van der Waals surface area contributed by atoms with Gasteiger partial charge in [-0.05, 0) is 43.5 Å². The molecule has 6 nitrogen and oxygen atoms in total. The van der Waals surface area contributed by atoms with Crippen LogP contribution in [0.4, 0.5) is 0 Å². The second-order valence-electron chi connectivity index (χ2n) is 7.21. The van der Waals surface area contributed by atoms with E-state index in [9.17, 15) is 4.79 Å². The molecule has 6 heteroatoms. The molecule has 4 heterocycles. The molecular formula is C21H20N4O2. The smallest absolute Gasteiger partial charge is 0.274 e. The molecule has 0 aliphatic carbocycles. The Bertz CT molecular complexity index is 1110. The number of fused-ring (bicyclic) bond motifs is 2. The van der Waals surface area contributed by atoms with Gasteiger partial charge in [0.25, 0.3) is 5.91 Å². The number of rotatable bonds is 2. The van der Waals surface area contributed by atoms with Crippen molar-refractivity contribution in [3.05, 3.63) is 65.9 Å². The highest BCUT2D eigenvalue weighted by Gasteiger charge is 2.29. The fourth-order valence-electron chi connectivity index (χ4n) is 3.80. The zero-order valence-electron chi connectivity index (χ0n) is 15.1. The number of piperidine rings is 1. The standard InChI is InChI=1S/C21H20N4O2/c1-14-8-9-19-22-17(13-25(19)11-14)21(26)24-10-4-5-15(12-24)20-23-16-6-2-3-7-18(16)27-20/h2-3,6-9,11,13,15H,4-5,10,12H2,1H3/t15-/m0/s1. The molecule has 0 saturated carbocycles. The Kier molecular flexibility index (Phi) is 3.70. The SMILES string of the molecule is Cc1ccc2nc(C(=O)N3CCC[C@H](c4nc5ccccc5o4)C3)cn2c1. The fourth-order valence-corrected chi connectivity index (χ4v) is 3.80. The van der Waals surface area contributed by atoms with Crippen LogP contribution in [0.25, 0.3) is 16.7 Å². The van der Waals surface area contributed by atoms with Gasteiger partial charge in [0.05, 0.1) is 5.92 Å². The van der Waals surface area contributed by atoms with E-state index in [1.165, 1.54) is 0 Å². The molecule has 0 radical (unpaired) electrons. The maximum atomic E-state index is 13.0. The molecule has 1 atom stereocenters. The van der Waals surface area contributed by atoms with Gasteiger partial charge in [0.2, 0.25) is 0 Å².